The molecule has 1 aliphatic carbocycles. The van der Waals surface area contributed by atoms with Crippen LogP contribution in [0.3, 0.4) is 0 Å². The molecule has 2 aromatic rings. The van der Waals surface area contributed by atoms with Crippen LogP contribution in [0.15, 0.2) is 36.7 Å². The van der Waals surface area contributed by atoms with Gasteiger partial charge in [-0.2, -0.15) is 5.26 Å². The highest BCUT2D eigenvalue weighted by Gasteiger charge is 2.15. The van der Waals surface area contributed by atoms with Gasteiger partial charge >= 0.3 is 0 Å². The van der Waals surface area contributed by atoms with Crippen LogP contribution in [0.2, 0.25) is 0 Å². The molecule has 0 radical (unpaired) electrons. The molecule has 0 bridgehead atoms. The average Bonchev–Trinajstić information content (AvgIpc) is 2.63. The number of carbonyl (C=O) groups excluding carboxylic acids is 1. The van der Waals surface area contributed by atoms with Crippen LogP contribution >= 0.6 is 0 Å². The summed E-state index contributed by atoms with van der Waals surface area (Å²) in [6.07, 6.45) is 9.03. The van der Waals surface area contributed by atoms with Crippen molar-refractivity contribution in [2.24, 2.45) is 0 Å². The number of nitrogens with one attached hydrogen (secondary N) is 2. The fourth-order valence-electron chi connectivity index (χ4n) is 2.83. The Morgan fingerprint density at radius 3 is 2.54 bits per heavy atom. The quantitative estimate of drug-likeness (QED) is 0.901. The van der Waals surface area contributed by atoms with Crippen LogP contribution in [0.4, 0.5) is 11.6 Å². The van der Waals surface area contributed by atoms with Gasteiger partial charge in [0.15, 0.2) is 0 Å². The number of amides is 1. The van der Waals surface area contributed by atoms with Gasteiger partial charge in [0, 0.05) is 18.4 Å². The fourth-order valence-corrected chi connectivity index (χ4v) is 2.83. The van der Waals surface area contributed by atoms with Gasteiger partial charge in [0.1, 0.15) is 6.07 Å². The van der Waals surface area contributed by atoms with E-state index < -0.39 is 0 Å². The van der Waals surface area contributed by atoms with E-state index in [1.165, 1.54) is 31.7 Å². The molecule has 24 heavy (non-hydrogen) atoms. The van der Waals surface area contributed by atoms with Gasteiger partial charge in [-0.3, -0.25) is 4.79 Å². The molecule has 0 unspecified atom stereocenters. The number of hydrogen-bond donors (Lipinski definition) is 2. The van der Waals surface area contributed by atoms with E-state index in [4.69, 9.17) is 5.26 Å². The van der Waals surface area contributed by atoms with Crippen molar-refractivity contribution < 1.29 is 4.79 Å². The van der Waals surface area contributed by atoms with Gasteiger partial charge in [0.25, 0.3) is 5.91 Å². The Morgan fingerprint density at radius 1 is 1.12 bits per heavy atom. The van der Waals surface area contributed by atoms with Crippen molar-refractivity contribution in [3.05, 3.63) is 47.8 Å². The average molecular weight is 321 g/mol. The van der Waals surface area contributed by atoms with E-state index in [2.05, 4.69) is 26.7 Å². The zero-order chi connectivity index (χ0) is 16.8. The minimum Gasteiger partial charge on any atom is -0.351 e. The third kappa shape index (κ3) is 3.87. The van der Waals surface area contributed by atoms with Gasteiger partial charge in [-0.25, -0.2) is 9.97 Å². The fraction of sp³-hybridized carbons (Fsp3) is 0.333. The third-order valence-electron chi connectivity index (χ3n) is 4.15. The molecule has 0 spiro atoms. The Labute approximate surface area is 140 Å². The number of hydrogen-bond acceptors (Lipinski definition) is 5. The maximum atomic E-state index is 12.3. The molecular weight excluding hydrogens is 302 g/mol. The zero-order valence-electron chi connectivity index (χ0n) is 13.3. The van der Waals surface area contributed by atoms with Crippen LogP contribution in [0.25, 0.3) is 0 Å². The number of aromatic nitrogens is 2. The monoisotopic (exact) mass is 321 g/mol. The number of carbonyl (C=O) groups is 1. The minimum absolute atomic E-state index is 0.332. The lowest BCUT2D eigenvalue weighted by Gasteiger charge is -2.22. The standard InChI is InChI=1S/C18H19N5O/c19-10-13-6-4-5-9-16(13)23-17(24)14-11-20-18(21-12-14)22-15-7-2-1-3-8-15/h4-6,9,11-12,15H,1-3,7-8H2,(H,23,24)(H,20,21,22). The molecule has 6 heteroatoms. The lowest BCUT2D eigenvalue weighted by Crippen LogP contribution is -2.23. The predicted octanol–water partition coefficient (Wildman–Crippen LogP) is 3.35. The molecule has 122 valence electrons. The van der Waals surface area contributed by atoms with E-state index in [-0.39, 0.29) is 5.91 Å². The lowest BCUT2D eigenvalue weighted by atomic mass is 9.96. The van der Waals surface area contributed by atoms with Crippen molar-refractivity contribution in [1.29, 1.82) is 5.26 Å². The van der Waals surface area contributed by atoms with Gasteiger partial charge in [-0.05, 0) is 25.0 Å². The Balaban J connectivity index is 1.64. The first-order valence-electron chi connectivity index (χ1n) is 8.15. The number of nitrogens with zero attached hydrogens (tertiary/aromatic N) is 3. The summed E-state index contributed by atoms with van der Waals surface area (Å²) in [6.45, 7) is 0. The van der Waals surface area contributed by atoms with E-state index >= 15 is 0 Å². The summed E-state index contributed by atoms with van der Waals surface area (Å²) in [5.74, 6) is 0.220. The maximum absolute atomic E-state index is 12.3. The highest BCUT2D eigenvalue weighted by molar-refractivity contribution is 6.04. The SMILES string of the molecule is N#Cc1ccccc1NC(=O)c1cnc(NC2CCCCC2)nc1. The minimum atomic E-state index is -0.332. The Kier molecular flexibility index (Phi) is 5.02. The van der Waals surface area contributed by atoms with Crippen molar-refractivity contribution in [2.75, 3.05) is 10.6 Å². The molecule has 2 N–H and O–H groups in total. The van der Waals surface area contributed by atoms with Crippen LogP contribution in [-0.2, 0) is 0 Å². The molecule has 1 fully saturated rings. The smallest absolute Gasteiger partial charge is 0.258 e. The van der Waals surface area contributed by atoms with Gasteiger partial charge in [0.05, 0.1) is 16.8 Å². The number of nitriles is 1. The van der Waals surface area contributed by atoms with Crippen molar-refractivity contribution in [2.45, 2.75) is 38.1 Å². The number of rotatable bonds is 4. The molecule has 1 heterocycles. The van der Waals surface area contributed by atoms with E-state index in [9.17, 15) is 4.79 Å². The molecular formula is C18H19N5O. The number of benzene rings is 1. The van der Waals surface area contributed by atoms with Crippen molar-refractivity contribution in [3.8, 4) is 6.07 Å². The Bertz CT molecular complexity index is 745. The molecule has 1 saturated carbocycles. The lowest BCUT2D eigenvalue weighted by molar-refractivity contribution is 0.102. The van der Waals surface area contributed by atoms with Crippen molar-refractivity contribution in [1.82, 2.24) is 9.97 Å². The molecule has 1 aromatic heterocycles. The van der Waals surface area contributed by atoms with E-state index in [1.54, 1.807) is 24.3 Å². The first-order chi connectivity index (χ1) is 11.8. The van der Waals surface area contributed by atoms with E-state index in [0.717, 1.165) is 12.8 Å². The van der Waals surface area contributed by atoms with Crippen molar-refractivity contribution >= 4 is 17.5 Å². The van der Waals surface area contributed by atoms with Crippen LogP contribution in [0.5, 0.6) is 0 Å². The number of para-hydroxylation sites is 1. The number of anilines is 2. The van der Waals surface area contributed by atoms with Gasteiger partial charge in [-0.15, -0.1) is 0 Å². The van der Waals surface area contributed by atoms with E-state index in [0.29, 0.717) is 28.8 Å². The molecule has 0 aliphatic heterocycles. The summed E-state index contributed by atoms with van der Waals surface area (Å²) in [4.78, 5) is 20.7. The molecule has 3 rings (SSSR count). The van der Waals surface area contributed by atoms with Gasteiger partial charge < -0.3 is 10.6 Å². The maximum Gasteiger partial charge on any atom is 0.258 e. The molecule has 0 atom stereocenters. The highest BCUT2D eigenvalue weighted by atomic mass is 16.1. The van der Waals surface area contributed by atoms with Crippen LogP contribution < -0.4 is 10.6 Å². The van der Waals surface area contributed by atoms with Crippen LogP contribution in [0, 0.1) is 11.3 Å². The van der Waals surface area contributed by atoms with Crippen molar-refractivity contribution in [3.63, 3.8) is 0 Å². The normalized spacial score (nSPS) is 14.6. The van der Waals surface area contributed by atoms with Gasteiger partial charge in [-0.1, -0.05) is 31.4 Å². The third-order valence-corrected chi connectivity index (χ3v) is 4.15. The molecule has 6 nitrogen and oxygen atoms in total. The van der Waals surface area contributed by atoms with Crippen LogP contribution in [0.1, 0.15) is 48.0 Å². The van der Waals surface area contributed by atoms with Crippen LogP contribution in [-0.4, -0.2) is 21.9 Å². The zero-order valence-corrected chi connectivity index (χ0v) is 13.3. The summed E-state index contributed by atoms with van der Waals surface area (Å²) in [7, 11) is 0. The second-order valence-corrected chi connectivity index (χ2v) is 5.89. The summed E-state index contributed by atoms with van der Waals surface area (Å²) in [6, 6.07) is 9.34. The summed E-state index contributed by atoms with van der Waals surface area (Å²) in [5.41, 5.74) is 1.26. The summed E-state index contributed by atoms with van der Waals surface area (Å²) < 4.78 is 0. The Hall–Kier alpha value is -2.94. The molecule has 1 aliphatic rings. The summed E-state index contributed by atoms with van der Waals surface area (Å²) >= 11 is 0. The predicted molar refractivity (Wildman–Crippen MR) is 91.6 cm³/mol. The topological polar surface area (TPSA) is 90.7 Å². The largest absolute Gasteiger partial charge is 0.351 e. The summed E-state index contributed by atoms with van der Waals surface area (Å²) in [5, 5.41) is 15.1. The second kappa shape index (κ2) is 7.55. The van der Waals surface area contributed by atoms with Gasteiger partial charge in [0.2, 0.25) is 5.95 Å². The second-order valence-electron chi connectivity index (χ2n) is 5.89. The first kappa shape index (κ1) is 15.9. The van der Waals surface area contributed by atoms with E-state index in [1.807, 2.05) is 0 Å². The molecule has 1 aromatic carbocycles. The highest BCUT2D eigenvalue weighted by Crippen LogP contribution is 2.20. The first-order valence-corrected chi connectivity index (χ1v) is 8.15. The Morgan fingerprint density at radius 2 is 1.83 bits per heavy atom. The molecule has 1 amide bonds. The molecule has 0 saturated heterocycles.